The summed E-state index contributed by atoms with van der Waals surface area (Å²) in [7, 11) is 0. The third kappa shape index (κ3) is 61.0. The van der Waals surface area contributed by atoms with Gasteiger partial charge in [0.05, 0.1) is 0 Å². The van der Waals surface area contributed by atoms with Crippen molar-refractivity contribution in [3.05, 3.63) is 12.2 Å². The van der Waals surface area contributed by atoms with Crippen molar-refractivity contribution in [3.63, 3.8) is 0 Å². The third-order valence-corrected chi connectivity index (χ3v) is 15.5. The van der Waals surface area contributed by atoms with Crippen molar-refractivity contribution in [2.24, 2.45) is 0 Å². The molecule has 74 heavy (non-hydrogen) atoms. The lowest BCUT2D eigenvalue weighted by atomic mass is 10.0. The lowest BCUT2D eigenvalue weighted by Crippen LogP contribution is -2.30. The summed E-state index contributed by atoms with van der Waals surface area (Å²) < 4.78 is 17.0. The summed E-state index contributed by atoms with van der Waals surface area (Å²) in [6.45, 7) is 6.72. The highest BCUT2D eigenvalue weighted by Crippen LogP contribution is 2.18. The van der Waals surface area contributed by atoms with Gasteiger partial charge in [0, 0.05) is 19.3 Å². The number of carbonyl (C=O) groups excluding carboxylic acids is 3. The highest BCUT2D eigenvalue weighted by Gasteiger charge is 2.19. The molecule has 0 aromatic heterocycles. The van der Waals surface area contributed by atoms with Gasteiger partial charge in [0.25, 0.3) is 0 Å². The fraction of sp³-hybridized carbons (Fsp3) is 0.926. The van der Waals surface area contributed by atoms with Gasteiger partial charge in [-0.25, -0.2) is 0 Å². The standard InChI is InChI=1S/C68H130O6/c1-4-7-10-13-16-19-22-25-27-29-31-32-33-34-35-36-38-39-41-43-46-49-52-55-58-61-67(70)73-64-65(63-72-66(69)60-57-54-51-48-45-24-21-18-15-12-9-6-3)74-68(71)62-59-56-53-50-47-44-42-40-37-30-28-26-23-20-17-14-11-8-5-2/h29,31,65H,4-28,30,32-64H2,1-3H3/b31-29-. The molecule has 0 aromatic rings. The van der Waals surface area contributed by atoms with Gasteiger partial charge in [-0.1, -0.05) is 335 Å². The maximum atomic E-state index is 12.9. The molecule has 0 saturated carbocycles. The number of unbranched alkanes of at least 4 members (excludes halogenated alkanes) is 50. The van der Waals surface area contributed by atoms with E-state index in [0.29, 0.717) is 19.3 Å². The normalized spacial score (nSPS) is 12.0. The summed E-state index contributed by atoms with van der Waals surface area (Å²) in [6.07, 6.45) is 75.2. The first kappa shape index (κ1) is 72.2. The van der Waals surface area contributed by atoms with E-state index in [-0.39, 0.29) is 31.1 Å². The molecule has 1 unspecified atom stereocenters. The molecule has 6 nitrogen and oxygen atoms in total. The van der Waals surface area contributed by atoms with Crippen LogP contribution in [0.2, 0.25) is 0 Å². The largest absolute Gasteiger partial charge is 0.462 e. The smallest absolute Gasteiger partial charge is 0.306 e. The second kappa shape index (κ2) is 63.7. The van der Waals surface area contributed by atoms with Crippen molar-refractivity contribution in [2.75, 3.05) is 13.2 Å². The quantitative estimate of drug-likeness (QED) is 0.0261. The molecule has 0 N–H and O–H groups in total. The van der Waals surface area contributed by atoms with E-state index in [1.165, 1.54) is 289 Å². The molecule has 438 valence electrons. The van der Waals surface area contributed by atoms with Gasteiger partial charge in [-0.3, -0.25) is 14.4 Å². The molecule has 0 amide bonds. The van der Waals surface area contributed by atoms with E-state index in [1.54, 1.807) is 0 Å². The minimum absolute atomic E-state index is 0.0629. The highest BCUT2D eigenvalue weighted by molar-refractivity contribution is 5.71. The van der Waals surface area contributed by atoms with Crippen molar-refractivity contribution >= 4 is 17.9 Å². The van der Waals surface area contributed by atoms with Crippen LogP contribution in [-0.2, 0) is 28.6 Å². The molecular formula is C68H130O6. The van der Waals surface area contributed by atoms with Crippen molar-refractivity contribution in [2.45, 2.75) is 393 Å². The maximum absolute atomic E-state index is 12.9. The second-order valence-corrected chi connectivity index (χ2v) is 23.1. The van der Waals surface area contributed by atoms with Gasteiger partial charge in [-0.2, -0.15) is 0 Å². The zero-order chi connectivity index (χ0) is 53.6. The maximum Gasteiger partial charge on any atom is 0.306 e. The number of hydrogen-bond acceptors (Lipinski definition) is 6. The van der Waals surface area contributed by atoms with Crippen LogP contribution in [0, 0.1) is 0 Å². The number of hydrogen-bond donors (Lipinski definition) is 0. The average Bonchev–Trinajstić information content (AvgIpc) is 3.40. The number of carbonyl (C=O) groups is 3. The molecular weight excluding hydrogens is 913 g/mol. The molecule has 0 bridgehead atoms. The van der Waals surface area contributed by atoms with E-state index in [9.17, 15) is 14.4 Å². The van der Waals surface area contributed by atoms with E-state index < -0.39 is 6.10 Å². The van der Waals surface area contributed by atoms with Gasteiger partial charge in [0.15, 0.2) is 6.10 Å². The van der Waals surface area contributed by atoms with Crippen LogP contribution in [0.1, 0.15) is 387 Å². The van der Waals surface area contributed by atoms with Gasteiger partial charge in [-0.05, 0) is 44.9 Å². The molecule has 0 aliphatic heterocycles. The Morgan fingerprint density at radius 1 is 0.257 bits per heavy atom. The molecule has 6 heteroatoms. The van der Waals surface area contributed by atoms with Crippen LogP contribution in [0.4, 0.5) is 0 Å². The molecule has 0 fully saturated rings. The van der Waals surface area contributed by atoms with Crippen molar-refractivity contribution in [1.29, 1.82) is 0 Å². The van der Waals surface area contributed by atoms with Crippen LogP contribution in [-0.4, -0.2) is 37.2 Å². The van der Waals surface area contributed by atoms with Crippen LogP contribution in [0.15, 0.2) is 12.2 Å². The lowest BCUT2D eigenvalue weighted by molar-refractivity contribution is -0.167. The van der Waals surface area contributed by atoms with Crippen LogP contribution in [0.25, 0.3) is 0 Å². The topological polar surface area (TPSA) is 78.9 Å². The fourth-order valence-electron chi connectivity index (χ4n) is 10.4. The Morgan fingerprint density at radius 2 is 0.446 bits per heavy atom. The highest BCUT2D eigenvalue weighted by atomic mass is 16.6. The molecule has 1 atom stereocenters. The monoisotopic (exact) mass is 1040 g/mol. The Balaban J connectivity index is 4.19. The Labute approximate surface area is 462 Å². The Morgan fingerprint density at radius 3 is 0.676 bits per heavy atom. The summed E-state index contributed by atoms with van der Waals surface area (Å²) in [5, 5.41) is 0. The number of allylic oxidation sites excluding steroid dienone is 2. The molecule has 0 saturated heterocycles. The van der Waals surface area contributed by atoms with E-state index in [2.05, 4.69) is 32.9 Å². The molecule has 0 spiro atoms. The number of ether oxygens (including phenoxy) is 3. The molecule has 0 aliphatic carbocycles. The zero-order valence-electron chi connectivity index (χ0n) is 50.4. The average molecular weight is 1040 g/mol. The van der Waals surface area contributed by atoms with Crippen molar-refractivity contribution in [1.82, 2.24) is 0 Å². The SMILES string of the molecule is CCCCCCCCCC/C=C\CCCCCCCCCCCCCCCC(=O)OCC(COC(=O)CCCCCCCCCCCCCC)OC(=O)CCCCCCCCCCCCCCCCCCCCC. The minimum atomic E-state index is -0.765. The number of rotatable bonds is 63. The summed E-state index contributed by atoms with van der Waals surface area (Å²) in [4.78, 5) is 38.3. The van der Waals surface area contributed by atoms with Crippen LogP contribution >= 0.6 is 0 Å². The van der Waals surface area contributed by atoms with Crippen LogP contribution in [0.5, 0.6) is 0 Å². The Bertz CT molecular complexity index is 1150. The van der Waals surface area contributed by atoms with E-state index in [4.69, 9.17) is 14.2 Å². The van der Waals surface area contributed by atoms with Gasteiger partial charge < -0.3 is 14.2 Å². The molecule has 0 aliphatic rings. The first-order chi connectivity index (χ1) is 36.5. The van der Waals surface area contributed by atoms with E-state index >= 15 is 0 Å². The lowest BCUT2D eigenvalue weighted by Gasteiger charge is -2.18. The van der Waals surface area contributed by atoms with E-state index in [1.807, 2.05) is 0 Å². The van der Waals surface area contributed by atoms with Crippen LogP contribution < -0.4 is 0 Å². The third-order valence-electron chi connectivity index (χ3n) is 15.5. The predicted molar refractivity (Wildman–Crippen MR) is 321 cm³/mol. The summed E-state index contributed by atoms with van der Waals surface area (Å²) in [6, 6.07) is 0. The fourth-order valence-corrected chi connectivity index (χ4v) is 10.4. The second-order valence-electron chi connectivity index (χ2n) is 23.1. The predicted octanol–water partition coefficient (Wildman–Crippen LogP) is 22.8. The van der Waals surface area contributed by atoms with Crippen molar-refractivity contribution in [3.8, 4) is 0 Å². The molecule has 0 aromatic carbocycles. The Kier molecular flexibility index (Phi) is 62.1. The van der Waals surface area contributed by atoms with E-state index in [0.717, 1.165) is 57.8 Å². The van der Waals surface area contributed by atoms with Crippen molar-refractivity contribution < 1.29 is 28.6 Å². The van der Waals surface area contributed by atoms with Gasteiger partial charge in [0.1, 0.15) is 13.2 Å². The van der Waals surface area contributed by atoms with Crippen LogP contribution in [0.3, 0.4) is 0 Å². The number of esters is 3. The molecule has 0 radical (unpaired) electrons. The first-order valence-electron chi connectivity index (χ1n) is 33.7. The Hall–Kier alpha value is -1.85. The summed E-state index contributed by atoms with van der Waals surface area (Å²) in [5.41, 5.74) is 0. The minimum Gasteiger partial charge on any atom is -0.462 e. The molecule has 0 rings (SSSR count). The first-order valence-corrected chi connectivity index (χ1v) is 33.7. The van der Waals surface area contributed by atoms with Gasteiger partial charge in [0.2, 0.25) is 0 Å². The molecule has 0 heterocycles. The summed E-state index contributed by atoms with van der Waals surface area (Å²) in [5.74, 6) is -0.831. The summed E-state index contributed by atoms with van der Waals surface area (Å²) >= 11 is 0. The van der Waals surface area contributed by atoms with Gasteiger partial charge in [-0.15, -0.1) is 0 Å². The van der Waals surface area contributed by atoms with Gasteiger partial charge >= 0.3 is 17.9 Å². The zero-order valence-corrected chi connectivity index (χ0v) is 50.4.